The monoisotopic (exact) mass is 310 g/mol. The van der Waals surface area contributed by atoms with E-state index in [1.165, 1.54) is 31.1 Å². The predicted octanol–water partition coefficient (Wildman–Crippen LogP) is 3.09. The molecule has 0 saturated carbocycles. The number of hydrogen-bond donors (Lipinski definition) is 1. The first-order chi connectivity index (χ1) is 10.1. The average molecular weight is 310 g/mol. The minimum atomic E-state index is -0.432. The smallest absolute Gasteiger partial charge is 0.343 e. The van der Waals surface area contributed by atoms with E-state index < -0.39 is 5.97 Å². The molecular formula is C15H22N2O3S. The van der Waals surface area contributed by atoms with Crippen LogP contribution in [0.4, 0.5) is 10.7 Å². The molecule has 6 heteroatoms. The molecule has 0 atom stereocenters. The number of thiophene rings is 1. The van der Waals surface area contributed by atoms with Gasteiger partial charge >= 0.3 is 5.97 Å². The number of anilines is 2. The Labute approximate surface area is 129 Å². The molecule has 1 aliphatic rings. The number of rotatable bonds is 4. The third kappa shape index (κ3) is 3.37. The third-order valence-electron chi connectivity index (χ3n) is 3.62. The quantitative estimate of drug-likeness (QED) is 0.683. The van der Waals surface area contributed by atoms with Crippen molar-refractivity contribution in [2.24, 2.45) is 0 Å². The van der Waals surface area contributed by atoms with E-state index in [9.17, 15) is 9.59 Å². The van der Waals surface area contributed by atoms with E-state index in [1.807, 2.05) is 0 Å². The normalized spacial score (nSPS) is 15.6. The van der Waals surface area contributed by atoms with Crippen LogP contribution in [-0.2, 0) is 4.74 Å². The number of Topliss-reactive ketones (excluding diaryl/α,β-unsaturated/α-hetero) is 1. The number of nitrogens with two attached hydrogens (primary N) is 1. The molecule has 0 aliphatic carbocycles. The fraction of sp³-hybridized carbons (Fsp3) is 0.600. The highest BCUT2D eigenvalue weighted by Gasteiger charge is 2.28. The number of esters is 1. The van der Waals surface area contributed by atoms with Gasteiger partial charge in [0.05, 0.1) is 17.2 Å². The van der Waals surface area contributed by atoms with Crippen LogP contribution < -0.4 is 10.6 Å². The van der Waals surface area contributed by atoms with Crippen LogP contribution in [0.3, 0.4) is 0 Å². The Bertz CT molecular complexity index is 531. The SMILES string of the molecule is CCOC(=O)c1c(N2CCCCCC2)sc(C(C)=O)c1N. The molecule has 1 fully saturated rings. The summed E-state index contributed by atoms with van der Waals surface area (Å²) in [6, 6.07) is 0. The highest BCUT2D eigenvalue weighted by atomic mass is 32.1. The highest BCUT2D eigenvalue weighted by Crippen LogP contribution is 2.39. The minimum absolute atomic E-state index is 0.107. The van der Waals surface area contributed by atoms with Crippen molar-refractivity contribution in [3.8, 4) is 0 Å². The van der Waals surface area contributed by atoms with Gasteiger partial charge in [-0.1, -0.05) is 12.8 Å². The summed E-state index contributed by atoms with van der Waals surface area (Å²) in [5.41, 5.74) is 6.68. The lowest BCUT2D eigenvalue weighted by atomic mass is 10.2. The van der Waals surface area contributed by atoms with Crippen LogP contribution in [0.15, 0.2) is 0 Å². The molecule has 0 amide bonds. The van der Waals surface area contributed by atoms with Crippen molar-refractivity contribution in [3.05, 3.63) is 10.4 Å². The van der Waals surface area contributed by atoms with Crippen LogP contribution in [-0.4, -0.2) is 31.4 Å². The highest BCUT2D eigenvalue weighted by molar-refractivity contribution is 7.19. The summed E-state index contributed by atoms with van der Waals surface area (Å²) in [4.78, 5) is 26.6. The van der Waals surface area contributed by atoms with Gasteiger partial charge in [-0.05, 0) is 19.8 Å². The molecule has 1 aliphatic heterocycles. The molecule has 116 valence electrons. The van der Waals surface area contributed by atoms with Gasteiger partial charge in [0.15, 0.2) is 5.78 Å². The molecule has 1 saturated heterocycles. The molecule has 2 rings (SSSR count). The molecule has 5 nitrogen and oxygen atoms in total. The molecule has 2 heterocycles. The molecule has 0 unspecified atom stereocenters. The lowest BCUT2D eigenvalue weighted by Crippen LogP contribution is -2.25. The van der Waals surface area contributed by atoms with Crippen molar-refractivity contribution >= 4 is 33.8 Å². The van der Waals surface area contributed by atoms with Crippen molar-refractivity contribution in [2.75, 3.05) is 30.3 Å². The Hall–Kier alpha value is -1.56. The Morgan fingerprint density at radius 2 is 1.86 bits per heavy atom. The summed E-state index contributed by atoms with van der Waals surface area (Å²) in [5, 5.41) is 0.790. The maximum absolute atomic E-state index is 12.2. The van der Waals surface area contributed by atoms with Gasteiger partial charge in [-0.2, -0.15) is 0 Å². The van der Waals surface area contributed by atoms with Crippen molar-refractivity contribution in [3.63, 3.8) is 0 Å². The summed E-state index contributed by atoms with van der Waals surface area (Å²) in [5.74, 6) is -0.540. The van der Waals surface area contributed by atoms with Gasteiger partial charge in [-0.25, -0.2) is 4.79 Å². The zero-order valence-corrected chi connectivity index (χ0v) is 13.4. The molecule has 0 radical (unpaired) electrons. The Morgan fingerprint density at radius 1 is 1.24 bits per heavy atom. The van der Waals surface area contributed by atoms with E-state index in [1.54, 1.807) is 6.92 Å². The second kappa shape index (κ2) is 6.93. The van der Waals surface area contributed by atoms with Crippen LogP contribution in [0.1, 0.15) is 59.6 Å². The summed E-state index contributed by atoms with van der Waals surface area (Å²) in [6.45, 7) is 5.32. The van der Waals surface area contributed by atoms with E-state index in [0.717, 1.165) is 30.9 Å². The largest absolute Gasteiger partial charge is 0.462 e. The molecule has 2 N–H and O–H groups in total. The fourth-order valence-corrected chi connectivity index (χ4v) is 3.75. The first-order valence-corrected chi connectivity index (χ1v) is 8.23. The number of ketones is 1. The van der Waals surface area contributed by atoms with E-state index in [2.05, 4.69) is 4.90 Å². The van der Waals surface area contributed by atoms with Gasteiger partial charge in [0.1, 0.15) is 10.6 Å². The topological polar surface area (TPSA) is 72.6 Å². The molecule has 0 spiro atoms. The summed E-state index contributed by atoms with van der Waals surface area (Å²) >= 11 is 1.31. The Balaban J connectivity index is 2.44. The minimum Gasteiger partial charge on any atom is -0.462 e. The lowest BCUT2D eigenvalue weighted by molar-refractivity contribution is 0.0529. The molecule has 0 aromatic carbocycles. The van der Waals surface area contributed by atoms with Crippen molar-refractivity contribution in [1.82, 2.24) is 0 Å². The summed E-state index contributed by atoms with van der Waals surface area (Å²) in [7, 11) is 0. The van der Waals surface area contributed by atoms with Crippen LogP contribution in [0.5, 0.6) is 0 Å². The molecular weight excluding hydrogens is 288 g/mol. The van der Waals surface area contributed by atoms with E-state index in [-0.39, 0.29) is 11.5 Å². The van der Waals surface area contributed by atoms with Crippen LogP contribution in [0.2, 0.25) is 0 Å². The number of nitrogen functional groups attached to an aromatic ring is 1. The van der Waals surface area contributed by atoms with Gasteiger partial charge in [-0.3, -0.25) is 4.79 Å². The van der Waals surface area contributed by atoms with Crippen molar-refractivity contribution in [1.29, 1.82) is 0 Å². The maximum atomic E-state index is 12.2. The van der Waals surface area contributed by atoms with Crippen LogP contribution >= 0.6 is 11.3 Å². The van der Waals surface area contributed by atoms with Crippen molar-refractivity contribution in [2.45, 2.75) is 39.5 Å². The zero-order valence-electron chi connectivity index (χ0n) is 12.6. The number of hydrogen-bond acceptors (Lipinski definition) is 6. The Kier molecular flexibility index (Phi) is 5.22. The fourth-order valence-electron chi connectivity index (χ4n) is 2.59. The predicted molar refractivity (Wildman–Crippen MR) is 85.4 cm³/mol. The number of ether oxygens (including phenoxy) is 1. The van der Waals surface area contributed by atoms with Gasteiger partial charge < -0.3 is 15.4 Å². The molecule has 0 bridgehead atoms. The van der Waals surface area contributed by atoms with E-state index >= 15 is 0 Å². The lowest BCUT2D eigenvalue weighted by Gasteiger charge is -2.22. The summed E-state index contributed by atoms with van der Waals surface area (Å²) < 4.78 is 5.11. The number of nitrogens with zero attached hydrogens (tertiary/aromatic N) is 1. The first kappa shape index (κ1) is 15.8. The first-order valence-electron chi connectivity index (χ1n) is 7.41. The average Bonchev–Trinajstić information content (AvgIpc) is 2.63. The van der Waals surface area contributed by atoms with E-state index in [0.29, 0.717) is 17.0 Å². The number of carbonyl (C=O) groups excluding carboxylic acids is 2. The van der Waals surface area contributed by atoms with Gasteiger partial charge in [-0.15, -0.1) is 11.3 Å². The number of carbonyl (C=O) groups is 2. The standard InChI is InChI=1S/C15H22N2O3S/c1-3-20-15(19)11-12(16)13(10(2)18)21-14(11)17-8-6-4-5-7-9-17/h3-9,16H2,1-2H3. The second-order valence-electron chi connectivity index (χ2n) is 5.20. The van der Waals surface area contributed by atoms with Crippen LogP contribution in [0, 0.1) is 0 Å². The maximum Gasteiger partial charge on any atom is 0.343 e. The molecule has 1 aromatic rings. The zero-order chi connectivity index (χ0) is 15.4. The third-order valence-corrected chi connectivity index (χ3v) is 4.99. The van der Waals surface area contributed by atoms with Gasteiger partial charge in [0.2, 0.25) is 0 Å². The molecule has 21 heavy (non-hydrogen) atoms. The van der Waals surface area contributed by atoms with Gasteiger partial charge in [0.25, 0.3) is 0 Å². The summed E-state index contributed by atoms with van der Waals surface area (Å²) in [6.07, 6.45) is 4.59. The van der Waals surface area contributed by atoms with Crippen molar-refractivity contribution < 1.29 is 14.3 Å². The van der Waals surface area contributed by atoms with Gasteiger partial charge in [0, 0.05) is 20.0 Å². The molecule has 1 aromatic heterocycles. The second-order valence-corrected chi connectivity index (χ2v) is 6.20. The Morgan fingerprint density at radius 3 is 2.38 bits per heavy atom. The van der Waals surface area contributed by atoms with E-state index in [4.69, 9.17) is 10.5 Å². The van der Waals surface area contributed by atoms with Crippen LogP contribution in [0.25, 0.3) is 0 Å².